The minimum Gasteiger partial charge on any atom is -0.493 e. The molecule has 3 aromatic rings. The number of methoxy groups -OCH3 is 2. The largest absolute Gasteiger partial charge is 0.493 e. The number of pyridine rings is 1. The third kappa shape index (κ3) is 6.11. The van der Waals surface area contributed by atoms with Gasteiger partial charge in [-0.15, -0.1) is 0 Å². The Labute approximate surface area is 200 Å². The fourth-order valence-corrected chi connectivity index (χ4v) is 3.80. The van der Waals surface area contributed by atoms with Gasteiger partial charge in [-0.2, -0.15) is 13.2 Å². The van der Waals surface area contributed by atoms with Gasteiger partial charge in [0.25, 0.3) is 0 Å². The van der Waals surface area contributed by atoms with Crippen LogP contribution in [-0.4, -0.2) is 37.9 Å². The summed E-state index contributed by atoms with van der Waals surface area (Å²) in [7, 11) is 3.10. The second-order valence-corrected chi connectivity index (χ2v) is 7.98. The lowest BCUT2D eigenvalue weighted by Crippen LogP contribution is -2.05. The van der Waals surface area contributed by atoms with Crippen LogP contribution in [0.5, 0.6) is 28.7 Å². The molecule has 2 aromatic carbocycles. The summed E-state index contributed by atoms with van der Waals surface area (Å²) in [5.41, 5.74) is -2.92. The molecular formula is C24H26F3NO5S. The van der Waals surface area contributed by atoms with Gasteiger partial charge in [-0.1, -0.05) is 13.0 Å². The molecule has 0 bridgehead atoms. The van der Waals surface area contributed by atoms with Crippen molar-refractivity contribution in [3.63, 3.8) is 0 Å². The lowest BCUT2D eigenvalue weighted by molar-refractivity contribution is -0.0369. The van der Waals surface area contributed by atoms with E-state index in [1.807, 2.05) is 19.1 Å². The minimum absolute atomic E-state index is 0.0190. The van der Waals surface area contributed by atoms with Crippen LogP contribution in [0.2, 0.25) is 0 Å². The van der Waals surface area contributed by atoms with Crippen LogP contribution in [0, 0.1) is 0 Å². The summed E-state index contributed by atoms with van der Waals surface area (Å²) in [6, 6.07) is 7.08. The molecule has 0 aliphatic heterocycles. The van der Waals surface area contributed by atoms with Gasteiger partial charge in [-0.3, -0.25) is 4.98 Å². The van der Waals surface area contributed by atoms with Gasteiger partial charge in [-0.25, -0.2) is 0 Å². The van der Waals surface area contributed by atoms with Gasteiger partial charge in [0.15, 0.2) is 35.0 Å². The van der Waals surface area contributed by atoms with Gasteiger partial charge in [0.05, 0.1) is 27.4 Å². The summed E-state index contributed by atoms with van der Waals surface area (Å²) >= 11 is -0.585. The highest BCUT2D eigenvalue weighted by atomic mass is 32.2. The van der Waals surface area contributed by atoms with Gasteiger partial charge in [0.2, 0.25) is 5.75 Å². The van der Waals surface area contributed by atoms with Crippen molar-refractivity contribution in [2.45, 2.75) is 32.2 Å². The highest BCUT2D eigenvalue weighted by Gasteiger charge is 2.32. The third-order valence-corrected chi connectivity index (χ3v) is 5.26. The molecule has 3 rings (SSSR count). The fourth-order valence-electron chi connectivity index (χ4n) is 3.45. The average molecular weight is 498 g/mol. The zero-order valence-corrected chi connectivity index (χ0v) is 20.1. The number of ether oxygens (including phenoxy) is 4. The second kappa shape index (κ2) is 11.4. The Kier molecular flexibility index (Phi) is 8.60. The molecule has 0 amide bonds. The van der Waals surface area contributed by atoms with Crippen LogP contribution in [0.1, 0.15) is 31.4 Å². The molecule has 0 fully saturated rings. The Morgan fingerprint density at radius 1 is 0.882 bits per heavy atom. The number of fused-ring (bicyclic) bond motifs is 1. The first-order valence-corrected chi connectivity index (χ1v) is 11.4. The molecule has 184 valence electrons. The first kappa shape index (κ1) is 25.6. The van der Waals surface area contributed by atoms with Gasteiger partial charge in [0, 0.05) is 17.8 Å². The SMILES string of the molecule is CCCOc1c(OC)cc(Cc2cncc3c(OSC(F)(F)F)c(OCC)ccc23)cc1OC. The highest BCUT2D eigenvalue weighted by Crippen LogP contribution is 2.43. The Hall–Kier alpha value is -3.01. The first-order chi connectivity index (χ1) is 16.3. The van der Waals surface area contributed by atoms with Crippen molar-refractivity contribution < 1.29 is 36.3 Å². The van der Waals surface area contributed by atoms with E-state index in [4.69, 9.17) is 23.1 Å². The van der Waals surface area contributed by atoms with Crippen molar-refractivity contribution in [2.75, 3.05) is 27.4 Å². The Balaban J connectivity index is 2.04. The number of hydrogen-bond acceptors (Lipinski definition) is 7. The van der Waals surface area contributed by atoms with Gasteiger partial charge in [-0.05, 0) is 54.5 Å². The minimum atomic E-state index is -4.56. The lowest BCUT2D eigenvalue weighted by atomic mass is 9.99. The number of hydrogen-bond donors (Lipinski definition) is 0. The van der Waals surface area contributed by atoms with Crippen molar-refractivity contribution in [3.05, 3.63) is 47.8 Å². The van der Waals surface area contributed by atoms with Crippen LogP contribution in [0.4, 0.5) is 13.2 Å². The normalized spacial score (nSPS) is 11.4. The van der Waals surface area contributed by atoms with E-state index in [9.17, 15) is 13.2 Å². The molecule has 10 heteroatoms. The molecule has 0 atom stereocenters. The number of nitrogens with zero attached hydrogens (tertiary/aromatic N) is 1. The van der Waals surface area contributed by atoms with E-state index in [1.165, 1.54) is 6.20 Å². The zero-order chi connectivity index (χ0) is 24.7. The lowest BCUT2D eigenvalue weighted by Gasteiger charge is -2.17. The summed E-state index contributed by atoms with van der Waals surface area (Å²) in [5, 5.41) is 1.11. The summed E-state index contributed by atoms with van der Waals surface area (Å²) in [6.45, 7) is 4.54. The molecule has 0 radical (unpaired) electrons. The van der Waals surface area contributed by atoms with Gasteiger partial charge < -0.3 is 23.1 Å². The van der Waals surface area contributed by atoms with Crippen LogP contribution in [0.15, 0.2) is 36.7 Å². The molecule has 1 heterocycles. The molecule has 6 nitrogen and oxygen atoms in total. The van der Waals surface area contributed by atoms with E-state index in [-0.39, 0.29) is 18.1 Å². The fraction of sp³-hybridized carbons (Fsp3) is 0.375. The summed E-state index contributed by atoms with van der Waals surface area (Å²) < 4.78 is 65.9. The first-order valence-electron chi connectivity index (χ1n) is 10.6. The number of benzene rings is 2. The maximum absolute atomic E-state index is 12.8. The average Bonchev–Trinajstić information content (AvgIpc) is 2.81. The molecule has 34 heavy (non-hydrogen) atoms. The van der Waals surface area contributed by atoms with Crippen molar-refractivity contribution in [1.29, 1.82) is 0 Å². The van der Waals surface area contributed by atoms with E-state index in [1.54, 1.807) is 39.5 Å². The number of rotatable bonds is 11. The summed E-state index contributed by atoms with van der Waals surface area (Å²) in [6.07, 6.45) is 4.39. The molecule has 0 spiro atoms. The van der Waals surface area contributed by atoms with Crippen LogP contribution in [0.3, 0.4) is 0 Å². The van der Waals surface area contributed by atoms with Crippen molar-refractivity contribution in [3.8, 4) is 28.7 Å². The highest BCUT2D eigenvalue weighted by molar-refractivity contribution is 7.95. The predicted molar refractivity (Wildman–Crippen MR) is 125 cm³/mol. The van der Waals surface area contributed by atoms with E-state index in [0.29, 0.717) is 41.0 Å². The Bertz CT molecular complexity index is 1100. The second-order valence-electron chi connectivity index (χ2n) is 7.19. The van der Waals surface area contributed by atoms with Gasteiger partial charge in [0.1, 0.15) is 0 Å². The van der Waals surface area contributed by atoms with Crippen molar-refractivity contribution in [2.24, 2.45) is 0 Å². The standard InChI is InChI=1S/C24H26F3NO5S/c1-5-9-32-23-20(29-3)11-15(12-21(23)30-4)10-16-13-28-14-18-17(16)7-8-19(31-6-2)22(18)33-34-24(25,26)27/h7-8,11-14H,5-6,9-10H2,1-4H3. The smallest absolute Gasteiger partial charge is 0.479 e. The predicted octanol–water partition coefficient (Wildman–Crippen LogP) is 6.58. The van der Waals surface area contributed by atoms with Gasteiger partial charge >= 0.3 is 5.51 Å². The number of aromatic nitrogens is 1. The van der Waals surface area contributed by atoms with Crippen molar-refractivity contribution in [1.82, 2.24) is 4.98 Å². The molecular weight excluding hydrogens is 471 g/mol. The molecule has 0 N–H and O–H groups in total. The maximum Gasteiger partial charge on any atom is 0.479 e. The molecule has 0 saturated carbocycles. The number of alkyl halides is 3. The summed E-state index contributed by atoms with van der Waals surface area (Å²) in [5.74, 6) is 1.77. The number of halogens is 3. The molecule has 0 aliphatic rings. The van der Waals surface area contributed by atoms with Crippen LogP contribution < -0.4 is 23.1 Å². The monoisotopic (exact) mass is 497 g/mol. The summed E-state index contributed by atoms with van der Waals surface area (Å²) in [4.78, 5) is 4.25. The van der Waals surface area contributed by atoms with Crippen LogP contribution >= 0.6 is 12.0 Å². The van der Waals surface area contributed by atoms with E-state index in [0.717, 1.165) is 17.5 Å². The van der Waals surface area contributed by atoms with Crippen LogP contribution in [0.25, 0.3) is 10.8 Å². The molecule has 0 unspecified atom stereocenters. The van der Waals surface area contributed by atoms with E-state index in [2.05, 4.69) is 4.98 Å². The topological polar surface area (TPSA) is 59.0 Å². The zero-order valence-electron chi connectivity index (χ0n) is 19.3. The Morgan fingerprint density at radius 2 is 1.59 bits per heavy atom. The van der Waals surface area contributed by atoms with Crippen molar-refractivity contribution >= 4 is 22.8 Å². The molecule has 0 saturated heterocycles. The third-order valence-electron chi connectivity index (χ3n) is 4.82. The molecule has 1 aromatic heterocycles. The Morgan fingerprint density at radius 3 is 2.18 bits per heavy atom. The van der Waals surface area contributed by atoms with E-state index >= 15 is 0 Å². The van der Waals surface area contributed by atoms with E-state index < -0.39 is 17.6 Å². The quantitative estimate of drug-likeness (QED) is 0.278. The maximum atomic E-state index is 12.8. The van der Waals surface area contributed by atoms with Crippen LogP contribution in [-0.2, 0) is 6.42 Å². The molecule has 0 aliphatic carbocycles.